The molecule has 52 valence electrons. The maximum absolute atomic E-state index is 10.5. The van der Waals surface area contributed by atoms with E-state index < -0.39 is 6.10 Å². The molecule has 0 amide bonds. The van der Waals surface area contributed by atoms with Crippen LogP contribution in [-0.2, 0) is 4.79 Å². The van der Waals surface area contributed by atoms with Gasteiger partial charge in [-0.25, -0.2) is 0 Å². The number of carbonyl (C=O) groups is 1. The van der Waals surface area contributed by atoms with Crippen LogP contribution in [0.3, 0.4) is 0 Å². The first-order chi connectivity index (χ1) is 4.16. The summed E-state index contributed by atoms with van der Waals surface area (Å²) in [5, 5.41) is 8.66. The minimum absolute atomic E-state index is 0.0518. The first-order valence-electron chi connectivity index (χ1n) is 3.06. The largest absolute Gasteiger partial charge is 0.389 e. The standard InChI is InChI=1S/C7H12O2/c1-3-7(9)5-4-6(2)8/h4-6,8H,3H2,1-2H3/b5-4+/t6-/m1/s1. The lowest BCUT2D eigenvalue weighted by atomic mass is 10.2. The number of aliphatic hydroxyl groups is 1. The Labute approximate surface area is 55.2 Å². The lowest BCUT2D eigenvalue weighted by Crippen LogP contribution is -1.95. The number of ketones is 1. The van der Waals surface area contributed by atoms with Gasteiger partial charge in [-0.2, -0.15) is 0 Å². The number of hydrogen-bond acceptors (Lipinski definition) is 2. The Morgan fingerprint density at radius 2 is 2.33 bits per heavy atom. The first kappa shape index (κ1) is 8.37. The Kier molecular flexibility index (Phi) is 3.97. The first-order valence-corrected chi connectivity index (χ1v) is 3.06. The van der Waals surface area contributed by atoms with Crippen molar-refractivity contribution in [2.24, 2.45) is 0 Å². The zero-order chi connectivity index (χ0) is 7.28. The van der Waals surface area contributed by atoms with E-state index >= 15 is 0 Å². The third-order valence-corrected chi connectivity index (χ3v) is 0.909. The molecule has 0 rings (SSSR count). The van der Waals surface area contributed by atoms with E-state index in [0.717, 1.165) is 0 Å². The van der Waals surface area contributed by atoms with Gasteiger partial charge in [0.15, 0.2) is 5.78 Å². The van der Waals surface area contributed by atoms with Gasteiger partial charge in [-0.15, -0.1) is 0 Å². The highest BCUT2D eigenvalue weighted by Gasteiger charge is 1.90. The van der Waals surface area contributed by atoms with E-state index in [1.54, 1.807) is 13.8 Å². The summed E-state index contributed by atoms with van der Waals surface area (Å²) < 4.78 is 0. The molecule has 0 spiro atoms. The van der Waals surface area contributed by atoms with Crippen molar-refractivity contribution in [1.82, 2.24) is 0 Å². The Hall–Kier alpha value is -0.630. The SMILES string of the molecule is CCC(=O)/C=C/[C@@H](C)O. The van der Waals surface area contributed by atoms with Crippen LogP contribution < -0.4 is 0 Å². The van der Waals surface area contributed by atoms with Crippen LogP contribution in [0.2, 0.25) is 0 Å². The Morgan fingerprint density at radius 1 is 1.78 bits per heavy atom. The van der Waals surface area contributed by atoms with E-state index in [0.29, 0.717) is 6.42 Å². The van der Waals surface area contributed by atoms with Crippen LogP contribution in [0, 0.1) is 0 Å². The van der Waals surface area contributed by atoms with Crippen molar-refractivity contribution in [1.29, 1.82) is 0 Å². The molecule has 0 aromatic rings. The van der Waals surface area contributed by atoms with Crippen LogP contribution in [0.4, 0.5) is 0 Å². The van der Waals surface area contributed by atoms with Gasteiger partial charge in [0.05, 0.1) is 6.10 Å². The fraction of sp³-hybridized carbons (Fsp3) is 0.571. The number of carbonyl (C=O) groups excluding carboxylic acids is 1. The maximum atomic E-state index is 10.5. The lowest BCUT2D eigenvalue weighted by Gasteiger charge is -1.90. The third kappa shape index (κ3) is 5.24. The molecule has 0 aromatic heterocycles. The zero-order valence-corrected chi connectivity index (χ0v) is 5.79. The van der Waals surface area contributed by atoms with Crippen LogP contribution in [0.5, 0.6) is 0 Å². The average Bonchev–Trinajstić information content (AvgIpc) is 1.83. The number of aliphatic hydroxyl groups excluding tert-OH is 1. The zero-order valence-electron chi connectivity index (χ0n) is 5.79. The van der Waals surface area contributed by atoms with E-state index in [9.17, 15) is 4.79 Å². The van der Waals surface area contributed by atoms with Crippen molar-refractivity contribution in [3.05, 3.63) is 12.2 Å². The highest BCUT2D eigenvalue weighted by molar-refractivity contribution is 5.89. The maximum Gasteiger partial charge on any atom is 0.155 e. The molecule has 0 aromatic carbocycles. The van der Waals surface area contributed by atoms with Crippen LogP contribution in [0.25, 0.3) is 0 Å². The third-order valence-electron chi connectivity index (χ3n) is 0.909. The molecular weight excluding hydrogens is 116 g/mol. The molecule has 2 heteroatoms. The van der Waals surface area contributed by atoms with Crippen molar-refractivity contribution in [3.63, 3.8) is 0 Å². The molecule has 9 heavy (non-hydrogen) atoms. The second-order valence-electron chi connectivity index (χ2n) is 1.92. The normalized spacial score (nSPS) is 14.1. The van der Waals surface area contributed by atoms with Gasteiger partial charge in [0.1, 0.15) is 0 Å². The summed E-state index contributed by atoms with van der Waals surface area (Å²) in [4.78, 5) is 10.5. The van der Waals surface area contributed by atoms with E-state index in [4.69, 9.17) is 5.11 Å². The van der Waals surface area contributed by atoms with Gasteiger partial charge in [-0.05, 0) is 13.0 Å². The molecule has 0 fully saturated rings. The Morgan fingerprint density at radius 3 is 2.67 bits per heavy atom. The monoisotopic (exact) mass is 128 g/mol. The van der Waals surface area contributed by atoms with Crippen molar-refractivity contribution < 1.29 is 9.90 Å². The van der Waals surface area contributed by atoms with Gasteiger partial charge in [0.25, 0.3) is 0 Å². The molecule has 0 radical (unpaired) electrons. The second-order valence-corrected chi connectivity index (χ2v) is 1.92. The molecule has 0 aliphatic heterocycles. The number of rotatable bonds is 3. The molecule has 0 bridgehead atoms. The minimum atomic E-state index is -0.513. The molecule has 2 nitrogen and oxygen atoms in total. The van der Waals surface area contributed by atoms with Crippen LogP contribution in [0.15, 0.2) is 12.2 Å². The van der Waals surface area contributed by atoms with E-state index in [1.807, 2.05) is 0 Å². The van der Waals surface area contributed by atoms with Crippen molar-refractivity contribution >= 4 is 5.78 Å². The summed E-state index contributed by atoms with van der Waals surface area (Å²) in [7, 11) is 0. The Balaban J connectivity index is 3.57. The minimum Gasteiger partial charge on any atom is -0.389 e. The highest BCUT2D eigenvalue weighted by Crippen LogP contribution is 1.86. The van der Waals surface area contributed by atoms with E-state index in [-0.39, 0.29) is 5.78 Å². The van der Waals surface area contributed by atoms with Crippen molar-refractivity contribution in [2.45, 2.75) is 26.4 Å². The predicted octanol–water partition coefficient (Wildman–Crippen LogP) is 0.902. The van der Waals surface area contributed by atoms with Crippen molar-refractivity contribution in [2.75, 3.05) is 0 Å². The predicted molar refractivity (Wildman–Crippen MR) is 36.1 cm³/mol. The molecule has 0 saturated carbocycles. The van der Waals surface area contributed by atoms with Gasteiger partial charge >= 0.3 is 0 Å². The van der Waals surface area contributed by atoms with E-state index in [2.05, 4.69) is 0 Å². The molecule has 0 saturated heterocycles. The second kappa shape index (κ2) is 4.27. The summed E-state index contributed by atoms with van der Waals surface area (Å²) in [6, 6.07) is 0. The average molecular weight is 128 g/mol. The summed E-state index contributed by atoms with van der Waals surface area (Å²) in [6.45, 7) is 3.40. The molecule has 0 aliphatic carbocycles. The van der Waals surface area contributed by atoms with Gasteiger partial charge in [0, 0.05) is 6.42 Å². The lowest BCUT2D eigenvalue weighted by molar-refractivity contribution is -0.114. The summed E-state index contributed by atoms with van der Waals surface area (Å²) in [5.74, 6) is 0.0518. The molecule has 0 heterocycles. The quantitative estimate of drug-likeness (QED) is 0.573. The summed E-state index contributed by atoms with van der Waals surface area (Å²) >= 11 is 0. The van der Waals surface area contributed by atoms with Gasteiger partial charge in [0.2, 0.25) is 0 Å². The fourth-order valence-corrected chi connectivity index (χ4v) is 0.364. The van der Waals surface area contributed by atoms with E-state index in [1.165, 1.54) is 12.2 Å². The molecular formula is C7H12O2. The molecule has 1 N–H and O–H groups in total. The molecule has 0 unspecified atom stereocenters. The van der Waals surface area contributed by atoms with Crippen molar-refractivity contribution in [3.8, 4) is 0 Å². The Bertz CT molecular complexity index is 114. The van der Waals surface area contributed by atoms with Crippen LogP contribution >= 0.6 is 0 Å². The smallest absolute Gasteiger partial charge is 0.155 e. The highest BCUT2D eigenvalue weighted by atomic mass is 16.3. The summed E-state index contributed by atoms with van der Waals surface area (Å²) in [6.07, 6.45) is 2.88. The van der Waals surface area contributed by atoms with Crippen LogP contribution in [0.1, 0.15) is 20.3 Å². The fourth-order valence-electron chi connectivity index (χ4n) is 0.364. The van der Waals surface area contributed by atoms with Gasteiger partial charge < -0.3 is 5.11 Å². The topological polar surface area (TPSA) is 37.3 Å². The molecule has 1 atom stereocenters. The summed E-state index contributed by atoms with van der Waals surface area (Å²) in [5.41, 5.74) is 0. The van der Waals surface area contributed by atoms with Gasteiger partial charge in [-0.3, -0.25) is 4.79 Å². The number of hydrogen-bond donors (Lipinski definition) is 1. The number of allylic oxidation sites excluding steroid dienone is 1. The molecule has 0 aliphatic rings. The van der Waals surface area contributed by atoms with Gasteiger partial charge in [-0.1, -0.05) is 13.0 Å². The van der Waals surface area contributed by atoms with Crippen LogP contribution in [-0.4, -0.2) is 17.0 Å².